The Morgan fingerprint density at radius 2 is 1.81 bits per heavy atom. The number of esters is 1. The summed E-state index contributed by atoms with van der Waals surface area (Å²) in [6.45, 7) is 4.27. The Balaban J connectivity index is 1.59. The number of allylic oxidation sites excluding steroid dienone is 2. The highest BCUT2D eigenvalue weighted by Crippen LogP contribution is 2.61. The third-order valence-corrected chi connectivity index (χ3v) is 8.07. The maximum Gasteiger partial charge on any atom is 0.338 e. The van der Waals surface area contributed by atoms with Crippen LogP contribution in [0.1, 0.15) is 47.9 Å². The molecule has 192 valence electrons. The number of carbonyl (C=O) groups is 2. The van der Waals surface area contributed by atoms with Crippen molar-refractivity contribution < 1.29 is 38.0 Å². The van der Waals surface area contributed by atoms with Crippen molar-refractivity contribution in [1.29, 1.82) is 0 Å². The number of Topliss-reactive ketones (excluding diaryl/α,β-unsaturated/α-hetero) is 1. The smallest absolute Gasteiger partial charge is 0.338 e. The van der Waals surface area contributed by atoms with Gasteiger partial charge in [-0.2, -0.15) is 0 Å². The van der Waals surface area contributed by atoms with E-state index in [0.717, 1.165) is 5.57 Å². The third kappa shape index (κ3) is 3.27. The van der Waals surface area contributed by atoms with Crippen molar-refractivity contribution in [1.82, 2.24) is 0 Å². The third-order valence-electron chi connectivity index (χ3n) is 8.07. The van der Waals surface area contributed by atoms with Gasteiger partial charge in [0, 0.05) is 17.0 Å². The molecule has 8 heteroatoms. The van der Waals surface area contributed by atoms with Gasteiger partial charge in [0.1, 0.15) is 18.1 Å². The lowest BCUT2D eigenvalue weighted by Gasteiger charge is -2.41. The summed E-state index contributed by atoms with van der Waals surface area (Å²) in [5.41, 5.74) is 1.49. The summed E-state index contributed by atoms with van der Waals surface area (Å²) in [5.74, 6) is 1.19. The molecule has 0 radical (unpaired) electrons. The lowest BCUT2D eigenvalue weighted by Crippen LogP contribution is -2.46. The summed E-state index contributed by atoms with van der Waals surface area (Å²) < 4.78 is 35.1. The van der Waals surface area contributed by atoms with Gasteiger partial charge in [-0.05, 0) is 42.2 Å². The molecular weight excluding hydrogens is 476 g/mol. The average Bonchev–Trinajstić information content (AvgIpc) is 3.54. The van der Waals surface area contributed by atoms with Gasteiger partial charge in [0.05, 0.1) is 19.8 Å². The van der Waals surface area contributed by atoms with Gasteiger partial charge in [-0.15, -0.1) is 0 Å². The van der Waals surface area contributed by atoms with Crippen LogP contribution in [0.25, 0.3) is 0 Å². The number of rotatable bonds is 4. The molecule has 37 heavy (non-hydrogen) atoms. The number of ketones is 1. The maximum absolute atomic E-state index is 14.2. The Kier molecular flexibility index (Phi) is 5.44. The second kappa shape index (κ2) is 8.57. The fourth-order valence-electron chi connectivity index (χ4n) is 5.94. The molecule has 4 atom stereocenters. The molecule has 0 fully saturated rings. The van der Waals surface area contributed by atoms with Crippen molar-refractivity contribution in [3.05, 3.63) is 76.3 Å². The molecule has 0 bridgehead atoms. The molecule has 0 saturated heterocycles. The highest BCUT2D eigenvalue weighted by molar-refractivity contribution is 6.08. The quantitative estimate of drug-likeness (QED) is 0.557. The van der Waals surface area contributed by atoms with Crippen molar-refractivity contribution >= 4 is 11.8 Å². The Bertz CT molecular complexity index is 1360. The van der Waals surface area contributed by atoms with Crippen LogP contribution >= 0.6 is 0 Å². The highest BCUT2D eigenvalue weighted by Gasteiger charge is 2.59. The van der Waals surface area contributed by atoms with Crippen molar-refractivity contribution in [3.63, 3.8) is 0 Å². The van der Waals surface area contributed by atoms with Crippen LogP contribution in [0.2, 0.25) is 0 Å². The molecule has 2 heterocycles. The first-order chi connectivity index (χ1) is 17.9. The van der Waals surface area contributed by atoms with E-state index < -0.39 is 17.5 Å². The van der Waals surface area contributed by atoms with E-state index in [1.807, 2.05) is 18.2 Å². The summed E-state index contributed by atoms with van der Waals surface area (Å²) >= 11 is 0. The van der Waals surface area contributed by atoms with E-state index in [9.17, 15) is 9.59 Å². The second-order valence-electron chi connectivity index (χ2n) is 9.93. The summed E-state index contributed by atoms with van der Waals surface area (Å²) in [6, 6.07) is 10.7. The van der Waals surface area contributed by atoms with Crippen molar-refractivity contribution in [2.24, 2.45) is 11.8 Å². The number of carbonyl (C=O) groups excluding carboxylic acids is 2. The summed E-state index contributed by atoms with van der Waals surface area (Å²) in [7, 11) is 2.98. The number of ether oxygens (including phenoxy) is 6. The summed E-state index contributed by atoms with van der Waals surface area (Å²) in [6.07, 6.45) is 1.82. The number of methoxy groups -OCH3 is 2. The van der Waals surface area contributed by atoms with Gasteiger partial charge in [-0.3, -0.25) is 4.79 Å². The zero-order valence-electron chi connectivity index (χ0n) is 21.2. The minimum atomic E-state index is -1.16. The van der Waals surface area contributed by atoms with Crippen LogP contribution in [0.5, 0.6) is 17.2 Å². The Hall–Kier alpha value is -3.94. The fraction of sp³-hybridized carbons (Fsp3) is 0.379. The Morgan fingerprint density at radius 3 is 2.54 bits per heavy atom. The van der Waals surface area contributed by atoms with Gasteiger partial charge in [0.25, 0.3) is 0 Å². The van der Waals surface area contributed by atoms with Gasteiger partial charge >= 0.3 is 5.97 Å². The van der Waals surface area contributed by atoms with Crippen molar-refractivity contribution in [2.75, 3.05) is 27.6 Å². The van der Waals surface area contributed by atoms with E-state index >= 15 is 0 Å². The average molecular weight is 505 g/mol. The number of hydrogen-bond donors (Lipinski definition) is 0. The lowest BCUT2D eigenvalue weighted by molar-refractivity contribution is -0.124. The maximum atomic E-state index is 14.2. The highest BCUT2D eigenvalue weighted by atomic mass is 16.7. The van der Waals surface area contributed by atoms with Crippen LogP contribution in [0.15, 0.2) is 59.6 Å². The fourth-order valence-corrected chi connectivity index (χ4v) is 5.94. The van der Waals surface area contributed by atoms with E-state index in [1.54, 1.807) is 24.3 Å². The minimum Gasteiger partial charge on any atom is -0.493 e. The molecule has 0 saturated carbocycles. The van der Waals surface area contributed by atoms with Crippen LogP contribution in [0, 0.1) is 11.8 Å². The van der Waals surface area contributed by atoms with Crippen LogP contribution in [0.4, 0.5) is 0 Å². The standard InChI is InChI=1S/C29H28O8/c1-15-10-18-11-20(32-3)25(33-4)27(30)29(18)13-34-26-22(29)19(12-21-24(26)36-14-35-21)23(16(15)2)37-28(31)17-8-6-5-7-9-17/h5-9,11-12,15-16,23H,10,13-14H2,1-4H3. The molecule has 1 spiro atoms. The first-order valence-corrected chi connectivity index (χ1v) is 12.3. The first kappa shape index (κ1) is 23.5. The van der Waals surface area contributed by atoms with Crippen LogP contribution in [0.3, 0.4) is 0 Å². The van der Waals surface area contributed by atoms with Crippen molar-refractivity contribution in [3.8, 4) is 17.2 Å². The van der Waals surface area contributed by atoms with Crippen LogP contribution < -0.4 is 14.2 Å². The predicted octanol–water partition coefficient (Wildman–Crippen LogP) is 4.63. The first-order valence-electron chi connectivity index (χ1n) is 12.3. The van der Waals surface area contributed by atoms with E-state index in [4.69, 9.17) is 28.4 Å². The Labute approximate surface area is 214 Å². The van der Waals surface area contributed by atoms with Crippen molar-refractivity contribution in [2.45, 2.75) is 31.8 Å². The van der Waals surface area contributed by atoms with E-state index in [1.165, 1.54) is 14.2 Å². The van der Waals surface area contributed by atoms with Gasteiger partial charge in [-0.25, -0.2) is 4.79 Å². The monoisotopic (exact) mass is 504 g/mol. The molecular formula is C29H28O8. The lowest BCUT2D eigenvalue weighted by atomic mass is 9.62. The number of fused-ring (bicyclic) bond motifs is 2. The van der Waals surface area contributed by atoms with Gasteiger partial charge in [-0.1, -0.05) is 32.0 Å². The second-order valence-corrected chi connectivity index (χ2v) is 9.93. The molecule has 0 N–H and O–H groups in total. The summed E-state index contributed by atoms with van der Waals surface area (Å²) in [4.78, 5) is 27.5. The topological polar surface area (TPSA) is 89.5 Å². The molecule has 2 aliphatic carbocycles. The van der Waals surface area contributed by atoms with Crippen LogP contribution in [-0.2, 0) is 24.4 Å². The van der Waals surface area contributed by atoms with E-state index in [-0.39, 0.29) is 36.8 Å². The van der Waals surface area contributed by atoms with Gasteiger partial charge in [0.15, 0.2) is 17.3 Å². The zero-order chi connectivity index (χ0) is 25.9. The number of benzene rings is 2. The summed E-state index contributed by atoms with van der Waals surface area (Å²) in [5, 5.41) is 0. The molecule has 2 aromatic carbocycles. The van der Waals surface area contributed by atoms with Crippen LogP contribution in [-0.4, -0.2) is 39.4 Å². The van der Waals surface area contributed by atoms with Gasteiger partial charge < -0.3 is 28.4 Å². The SMILES string of the molecule is COC1=C(OC)C(=O)C23COc4c5c(cc(c42)C(OC(=O)c2ccccc2)C(C)C(C)CC3=C1)OCO5. The minimum absolute atomic E-state index is 0.0374. The Morgan fingerprint density at radius 1 is 1.03 bits per heavy atom. The van der Waals surface area contributed by atoms with E-state index in [2.05, 4.69) is 13.8 Å². The molecule has 0 amide bonds. The normalized spacial score (nSPS) is 27.3. The zero-order valence-corrected chi connectivity index (χ0v) is 21.2. The molecule has 4 aliphatic rings. The molecule has 2 aliphatic heterocycles. The largest absolute Gasteiger partial charge is 0.493 e. The molecule has 8 nitrogen and oxygen atoms in total. The molecule has 2 aromatic rings. The number of hydrogen-bond acceptors (Lipinski definition) is 8. The predicted molar refractivity (Wildman–Crippen MR) is 131 cm³/mol. The molecule has 6 rings (SSSR count). The van der Waals surface area contributed by atoms with E-state index in [0.29, 0.717) is 46.1 Å². The molecule has 4 unspecified atom stereocenters. The van der Waals surface area contributed by atoms with Gasteiger partial charge in [0.2, 0.25) is 24.1 Å². The molecule has 0 aromatic heterocycles.